The average molecular weight is 522 g/mol. The van der Waals surface area contributed by atoms with E-state index in [-0.39, 0.29) is 17.9 Å². The molecule has 200 valence electrons. The van der Waals surface area contributed by atoms with E-state index in [4.69, 9.17) is 0 Å². The van der Waals surface area contributed by atoms with Crippen LogP contribution in [0.1, 0.15) is 24.1 Å². The van der Waals surface area contributed by atoms with Gasteiger partial charge in [-0.3, -0.25) is 9.78 Å². The van der Waals surface area contributed by atoms with Crippen LogP contribution < -0.4 is 15.5 Å². The molecule has 4 aromatic rings. The van der Waals surface area contributed by atoms with Crippen LogP contribution in [-0.4, -0.2) is 48.0 Å². The standard InChI is InChI=1S/C32H35N5O2/c1-24-22-30(28-14-8-9-15-29(28)34-24)35-32(39)33-18-21-36-19-16-26(17-20-36)31(38)37(27-12-6-3-7-13-27)23-25-10-4-2-5-11-25/h2-15,22,26H,16-21,23H2,1H3,(H2,33,34,35,39). The Morgan fingerprint density at radius 1 is 0.923 bits per heavy atom. The van der Waals surface area contributed by atoms with E-state index in [0.717, 1.165) is 66.0 Å². The number of hydrogen-bond acceptors (Lipinski definition) is 4. The fraction of sp³-hybridized carbons (Fsp3) is 0.281. The van der Waals surface area contributed by atoms with Crippen molar-refractivity contribution in [2.75, 3.05) is 36.4 Å². The fourth-order valence-electron chi connectivity index (χ4n) is 5.20. The molecule has 7 heteroatoms. The van der Waals surface area contributed by atoms with Gasteiger partial charge in [-0.05, 0) is 62.7 Å². The first-order valence-corrected chi connectivity index (χ1v) is 13.6. The monoisotopic (exact) mass is 521 g/mol. The highest BCUT2D eigenvalue weighted by Gasteiger charge is 2.29. The van der Waals surface area contributed by atoms with Gasteiger partial charge in [0.1, 0.15) is 0 Å². The first-order chi connectivity index (χ1) is 19.1. The van der Waals surface area contributed by atoms with Gasteiger partial charge in [0.15, 0.2) is 0 Å². The Balaban J connectivity index is 1.11. The van der Waals surface area contributed by atoms with Crippen molar-refractivity contribution in [3.63, 3.8) is 0 Å². The van der Waals surface area contributed by atoms with Crippen LogP contribution in [0.25, 0.3) is 10.9 Å². The number of likely N-dealkylation sites (tertiary alicyclic amines) is 1. The van der Waals surface area contributed by atoms with Crippen LogP contribution in [0.2, 0.25) is 0 Å². The number of para-hydroxylation sites is 2. The highest BCUT2D eigenvalue weighted by atomic mass is 16.2. The molecular weight excluding hydrogens is 486 g/mol. The SMILES string of the molecule is Cc1cc(NC(=O)NCCN2CCC(C(=O)N(Cc3ccccc3)c3ccccc3)CC2)c2ccccc2n1. The molecule has 1 saturated heterocycles. The van der Waals surface area contributed by atoms with Gasteiger partial charge in [-0.25, -0.2) is 4.79 Å². The second-order valence-electron chi connectivity index (χ2n) is 10.1. The number of pyridine rings is 1. The highest BCUT2D eigenvalue weighted by Crippen LogP contribution is 2.25. The number of fused-ring (bicyclic) bond motifs is 1. The van der Waals surface area contributed by atoms with Crippen molar-refractivity contribution in [2.24, 2.45) is 5.92 Å². The fourth-order valence-corrected chi connectivity index (χ4v) is 5.20. The van der Waals surface area contributed by atoms with Crippen LogP contribution in [0, 0.1) is 12.8 Å². The number of aryl methyl sites for hydroxylation is 1. The van der Waals surface area contributed by atoms with Gasteiger partial charge in [0.25, 0.3) is 0 Å². The first-order valence-electron chi connectivity index (χ1n) is 13.6. The van der Waals surface area contributed by atoms with E-state index in [1.54, 1.807) is 0 Å². The summed E-state index contributed by atoms with van der Waals surface area (Å²) in [5, 5.41) is 6.87. The lowest BCUT2D eigenvalue weighted by molar-refractivity contribution is -0.123. The number of aromatic nitrogens is 1. The Bertz CT molecular complexity index is 1400. The molecule has 2 heterocycles. The molecule has 1 fully saturated rings. The minimum Gasteiger partial charge on any atom is -0.337 e. The molecule has 1 aromatic heterocycles. The molecular formula is C32H35N5O2. The normalized spacial score (nSPS) is 14.2. The minimum absolute atomic E-state index is 0.00960. The van der Waals surface area contributed by atoms with Gasteiger partial charge in [0.2, 0.25) is 5.91 Å². The van der Waals surface area contributed by atoms with E-state index in [2.05, 4.69) is 32.7 Å². The molecule has 0 atom stereocenters. The second-order valence-corrected chi connectivity index (χ2v) is 10.1. The zero-order valence-electron chi connectivity index (χ0n) is 22.3. The number of rotatable bonds is 8. The number of piperidine rings is 1. The average Bonchev–Trinajstić information content (AvgIpc) is 2.97. The number of carbonyl (C=O) groups is 2. The van der Waals surface area contributed by atoms with Crippen molar-refractivity contribution in [1.29, 1.82) is 0 Å². The Morgan fingerprint density at radius 3 is 2.33 bits per heavy atom. The number of amides is 3. The van der Waals surface area contributed by atoms with Crippen molar-refractivity contribution in [3.05, 3.63) is 102 Å². The molecule has 3 amide bonds. The molecule has 0 radical (unpaired) electrons. The van der Waals surface area contributed by atoms with Crippen LogP contribution in [0.4, 0.5) is 16.2 Å². The molecule has 0 bridgehead atoms. The van der Waals surface area contributed by atoms with Gasteiger partial charge in [-0.2, -0.15) is 0 Å². The number of nitrogens with zero attached hydrogens (tertiary/aromatic N) is 3. The second kappa shape index (κ2) is 12.5. The Hall–Kier alpha value is -4.23. The molecule has 0 unspecified atom stereocenters. The third-order valence-electron chi connectivity index (χ3n) is 7.26. The lowest BCUT2D eigenvalue weighted by atomic mass is 9.94. The molecule has 0 spiro atoms. The summed E-state index contributed by atoms with van der Waals surface area (Å²) in [6.45, 7) is 5.44. The number of benzene rings is 3. The summed E-state index contributed by atoms with van der Waals surface area (Å²) in [4.78, 5) is 35.0. The van der Waals surface area contributed by atoms with E-state index in [0.29, 0.717) is 13.1 Å². The molecule has 0 saturated carbocycles. The molecule has 5 rings (SSSR count). The van der Waals surface area contributed by atoms with Gasteiger partial charge in [-0.1, -0.05) is 66.7 Å². The van der Waals surface area contributed by atoms with Crippen molar-refractivity contribution in [3.8, 4) is 0 Å². The van der Waals surface area contributed by atoms with Crippen molar-refractivity contribution in [2.45, 2.75) is 26.3 Å². The maximum atomic E-state index is 13.6. The van der Waals surface area contributed by atoms with Gasteiger partial charge < -0.3 is 20.4 Å². The van der Waals surface area contributed by atoms with Crippen LogP contribution in [0.15, 0.2) is 91.0 Å². The van der Waals surface area contributed by atoms with E-state index in [1.165, 1.54) is 0 Å². The summed E-state index contributed by atoms with van der Waals surface area (Å²) in [7, 11) is 0. The molecule has 2 N–H and O–H groups in total. The smallest absolute Gasteiger partial charge is 0.319 e. The van der Waals surface area contributed by atoms with Crippen LogP contribution in [-0.2, 0) is 11.3 Å². The Labute approximate surface area is 229 Å². The van der Waals surface area contributed by atoms with Crippen LogP contribution in [0.5, 0.6) is 0 Å². The molecule has 3 aromatic carbocycles. The number of carbonyl (C=O) groups excluding carboxylic acids is 2. The maximum absolute atomic E-state index is 13.6. The summed E-state index contributed by atoms with van der Waals surface area (Å²) in [6.07, 6.45) is 1.62. The van der Waals surface area contributed by atoms with Crippen LogP contribution >= 0.6 is 0 Å². The quantitative estimate of drug-likeness (QED) is 0.316. The van der Waals surface area contributed by atoms with Crippen molar-refractivity contribution in [1.82, 2.24) is 15.2 Å². The first kappa shape index (κ1) is 26.4. The zero-order chi connectivity index (χ0) is 27.0. The third kappa shape index (κ3) is 6.81. The lowest BCUT2D eigenvalue weighted by Gasteiger charge is -2.34. The predicted octanol–water partition coefficient (Wildman–Crippen LogP) is 5.61. The molecule has 0 aliphatic carbocycles. The minimum atomic E-state index is -0.227. The van der Waals surface area contributed by atoms with E-state index in [9.17, 15) is 9.59 Å². The summed E-state index contributed by atoms with van der Waals surface area (Å²) in [5.41, 5.74) is 4.52. The summed E-state index contributed by atoms with van der Waals surface area (Å²) in [5.74, 6) is 0.173. The summed E-state index contributed by atoms with van der Waals surface area (Å²) < 4.78 is 0. The summed E-state index contributed by atoms with van der Waals surface area (Å²) >= 11 is 0. The van der Waals surface area contributed by atoms with E-state index >= 15 is 0 Å². The largest absolute Gasteiger partial charge is 0.337 e. The van der Waals surface area contributed by atoms with Crippen molar-refractivity contribution < 1.29 is 9.59 Å². The molecule has 7 nitrogen and oxygen atoms in total. The third-order valence-corrected chi connectivity index (χ3v) is 7.26. The maximum Gasteiger partial charge on any atom is 0.319 e. The van der Waals surface area contributed by atoms with Gasteiger partial charge in [0.05, 0.1) is 17.7 Å². The van der Waals surface area contributed by atoms with Gasteiger partial charge in [0, 0.05) is 35.8 Å². The topological polar surface area (TPSA) is 77.6 Å². The Kier molecular flexibility index (Phi) is 8.48. The van der Waals surface area contributed by atoms with E-state index in [1.807, 2.05) is 90.7 Å². The number of nitrogens with one attached hydrogen (secondary N) is 2. The number of urea groups is 1. The number of hydrogen-bond donors (Lipinski definition) is 2. The zero-order valence-corrected chi connectivity index (χ0v) is 22.3. The lowest BCUT2D eigenvalue weighted by Crippen LogP contribution is -2.44. The highest BCUT2D eigenvalue weighted by molar-refractivity contribution is 6.00. The van der Waals surface area contributed by atoms with Gasteiger partial charge >= 0.3 is 6.03 Å². The Morgan fingerprint density at radius 2 is 1.59 bits per heavy atom. The summed E-state index contributed by atoms with van der Waals surface area (Å²) in [6, 6.07) is 29.5. The molecule has 39 heavy (non-hydrogen) atoms. The molecule has 1 aliphatic heterocycles. The number of anilines is 2. The molecule has 1 aliphatic rings. The predicted molar refractivity (Wildman–Crippen MR) is 157 cm³/mol. The van der Waals surface area contributed by atoms with E-state index < -0.39 is 0 Å². The van der Waals surface area contributed by atoms with Gasteiger partial charge in [-0.15, -0.1) is 0 Å². The van der Waals surface area contributed by atoms with Crippen molar-refractivity contribution >= 4 is 34.2 Å². The van der Waals surface area contributed by atoms with Crippen LogP contribution in [0.3, 0.4) is 0 Å².